The van der Waals surface area contributed by atoms with Gasteiger partial charge in [0.25, 0.3) is 0 Å². The van der Waals surface area contributed by atoms with Crippen molar-refractivity contribution in [3.8, 4) is 67.0 Å². The maximum atomic E-state index is 5.23. The minimum Gasteiger partial charge on any atom is -0.247 e. The van der Waals surface area contributed by atoms with Gasteiger partial charge in [0, 0.05) is 32.7 Å². The third-order valence-electron chi connectivity index (χ3n) is 11.5. The molecule has 0 amide bonds. The highest BCUT2D eigenvalue weighted by atomic mass is 14.7. The third kappa shape index (κ3) is 6.18. The lowest BCUT2D eigenvalue weighted by Crippen LogP contribution is -1.89. The summed E-state index contributed by atoms with van der Waals surface area (Å²) in [5.41, 5.74) is 15.7. The smallest absolute Gasteiger partial charge is 0.0788 e. The average molecular weight is 737 g/mol. The maximum absolute atomic E-state index is 5.23. The molecule has 0 bridgehead atoms. The predicted molar refractivity (Wildman–Crippen MR) is 245 cm³/mol. The molecular formula is C56H36N2. The topological polar surface area (TPSA) is 25.8 Å². The van der Waals surface area contributed by atoms with Crippen LogP contribution in [-0.2, 0) is 0 Å². The van der Waals surface area contributed by atoms with E-state index in [0.717, 1.165) is 44.3 Å². The quantitative estimate of drug-likeness (QED) is 0.159. The molecule has 0 N–H and O–H groups in total. The lowest BCUT2D eigenvalue weighted by atomic mass is 9.96. The molecular weight excluding hydrogens is 701 g/mol. The van der Waals surface area contributed by atoms with Crippen molar-refractivity contribution < 1.29 is 0 Å². The van der Waals surface area contributed by atoms with E-state index in [1.165, 1.54) is 66.1 Å². The molecule has 2 aromatic heterocycles. The number of aromatic nitrogens is 2. The Balaban J connectivity index is 0.867. The van der Waals surface area contributed by atoms with Gasteiger partial charge >= 0.3 is 0 Å². The van der Waals surface area contributed by atoms with Gasteiger partial charge in [0.05, 0.1) is 22.4 Å². The van der Waals surface area contributed by atoms with Gasteiger partial charge in [-0.2, -0.15) is 0 Å². The monoisotopic (exact) mass is 736 g/mol. The lowest BCUT2D eigenvalue weighted by Gasteiger charge is -2.11. The molecule has 2 nitrogen and oxygen atoms in total. The molecule has 11 aromatic rings. The maximum Gasteiger partial charge on any atom is 0.0788 e. The summed E-state index contributed by atoms with van der Waals surface area (Å²) < 4.78 is 0. The predicted octanol–water partition coefficient (Wildman–Crippen LogP) is 15.1. The van der Waals surface area contributed by atoms with Crippen LogP contribution in [0, 0.1) is 0 Å². The Bertz CT molecular complexity index is 3080. The summed E-state index contributed by atoms with van der Waals surface area (Å²) in [6.07, 6.45) is 0. The molecule has 0 saturated carbocycles. The molecule has 0 atom stereocenters. The van der Waals surface area contributed by atoms with Crippen LogP contribution in [0.4, 0.5) is 0 Å². The minimum absolute atomic E-state index is 0.969. The van der Waals surface area contributed by atoms with Gasteiger partial charge in [-0.25, -0.2) is 9.97 Å². The van der Waals surface area contributed by atoms with E-state index in [0.29, 0.717) is 0 Å². The summed E-state index contributed by atoms with van der Waals surface area (Å²) in [6, 6.07) is 78.2. The van der Waals surface area contributed by atoms with E-state index in [2.05, 4.69) is 218 Å². The molecule has 0 aliphatic heterocycles. The summed E-state index contributed by atoms with van der Waals surface area (Å²) in [7, 11) is 0. The summed E-state index contributed by atoms with van der Waals surface area (Å²) in [4.78, 5) is 10.5. The molecule has 0 unspecified atom stereocenters. The molecule has 0 aliphatic carbocycles. The van der Waals surface area contributed by atoms with Gasteiger partial charge in [0.15, 0.2) is 0 Å². The highest BCUT2D eigenvalue weighted by Crippen LogP contribution is 2.35. The van der Waals surface area contributed by atoms with Crippen LogP contribution >= 0.6 is 0 Å². The summed E-state index contributed by atoms with van der Waals surface area (Å²) in [5, 5.41) is 7.01. The van der Waals surface area contributed by atoms with Gasteiger partial charge in [0.1, 0.15) is 0 Å². The number of hydrogen-bond donors (Lipinski definition) is 0. The van der Waals surface area contributed by atoms with Crippen molar-refractivity contribution in [1.82, 2.24) is 9.97 Å². The van der Waals surface area contributed by atoms with Gasteiger partial charge in [-0.05, 0) is 85.6 Å². The van der Waals surface area contributed by atoms with Gasteiger partial charge in [-0.3, -0.25) is 0 Å². The largest absolute Gasteiger partial charge is 0.247 e. The highest BCUT2D eigenvalue weighted by molar-refractivity contribution is 6.08. The average Bonchev–Trinajstić information content (AvgIpc) is 3.31. The Morgan fingerprint density at radius 2 is 0.517 bits per heavy atom. The fourth-order valence-corrected chi connectivity index (χ4v) is 8.30. The molecule has 0 spiro atoms. The molecule has 11 rings (SSSR count). The van der Waals surface area contributed by atoms with Gasteiger partial charge in [-0.15, -0.1) is 0 Å². The second kappa shape index (κ2) is 14.1. The van der Waals surface area contributed by atoms with Gasteiger partial charge in [-0.1, -0.05) is 188 Å². The Hall–Kier alpha value is -7.68. The van der Waals surface area contributed by atoms with Crippen LogP contribution in [0.2, 0.25) is 0 Å². The Morgan fingerprint density at radius 3 is 0.966 bits per heavy atom. The lowest BCUT2D eigenvalue weighted by molar-refractivity contribution is 1.41. The number of fused-ring (bicyclic) bond motifs is 6. The first-order valence-electron chi connectivity index (χ1n) is 19.8. The van der Waals surface area contributed by atoms with Gasteiger partial charge in [0.2, 0.25) is 0 Å². The Kier molecular flexibility index (Phi) is 8.19. The second-order valence-electron chi connectivity index (χ2n) is 15.0. The molecule has 0 fully saturated rings. The minimum atomic E-state index is 0.969. The molecule has 2 heterocycles. The van der Waals surface area contributed by atoms with Crippen molar-refractivity contribution in [3.63, 3.8) is 0 Å². The number of rotatable bonds is 6. The second-order valence-corrected chi connectivity index (χ2v) is 15.0. The molecule has 0 saturated heterocycles. The summed E-state index contributed by atoms with van der Waals surface area (Å²) in [5.74, 6) is 0. The number of benzene rings is 9. The van der Waals surface area contributed by atoms with E-state index in [1.54, 1.807) is 0 Å². The van der Waals surface area contributed by atoms with Crippen molar-refractivity contribution >= 4 is 43.4 Å². The van der Waals surface area contributed by atoms with Gasteiger partial charge < -0.3 is 0 Å². The fraction of sp³-hybridized carbons (Fsp3) is 0. The summed E-state index contributed by atoms with van der Waals surface area (Å²) in [6.45, 7) is 0. The van der Waals surface area contributed by atoms with Crippen molar-refractivity contribution in [1.29, 1.82) is 0 Å². The van der Waals surface area contributed by atoms with Crippen LogP contribution in [0.3, 0.4) is 0 Å². The molecule has 2 heteroatoms. The molecule has 58 heavy (non-hydrogen) atoms. The van der Waals surface area contributed by atoms with Crippen LogP contribution in [0.5, 0.6) is 0 Å². The first-order valence-corrected chi connectivity index (χ1v) is 19.8. The zero-order valence-corrected chi connectivity index (χ0v) is 31.7. The third-order valence-corrected chi connectivity index (χ3v) is 11.5. The first-order chi connectivity index (χ1) is 28.7. The van der Waals surface area contributed by atoms with Crippen molar-refractivity contribution in [2.75, 3.05) is 0 Å². The normalized spacial score (nSPS) is 11.4. The van der Waals surface area contributed by atoms with Crippen LogP contribution in [-0.4, -0.2) is 9.97 Å². The van der Waals surface area contributed by atoms with Crippen molar-refractivity contribution in [2.45, 2.75) is 0 Å². The van der Waals surface area contributed by atoms with E-state index in [9.17, 15) is 0 Å². The number of pyridine rings is 2. The highest BCUT2D eigenvalue weighted by Gasteiger charge is 2.11. The van der Waals surface area contributed by atoms with E-state index >= 15 is 0 Å². The molecule has 9 aromatic carbocycles. The first kappa shape index (κ1) is 33.6. The van der Waals surface area contributed by atoms with Crippen LogP contribution in [0.15, 0.2) is 218 Å². The van der Waals surface area contributed by atoms with E-state index in [4.69, 9.17) is 9.97 Å². The Labute approximate surface area is 337 Å². The molecule has 0 radical (unpaired) electrons. The van der Waals surface area contributed by atoms with Crippen molar-refractivity contribution in [2.24, 2.45) is 0 Å². The van der Waals surface area contributed by atoms with E-state index in [-0.39, 0.29) is 0 Å². The standard InChI is InChI=1S/C56H36N2/c1-3-8-37(9-4-1)49-28-20-41-18-26-45-30-32-53(57-55(45)51(41)35-49)43-22-14-39(15-23-43)47-12-7-13-48(34-47)40-16-24-44(25-17-40)54-33-31-46-27-19-42-21-29-50(36-52(42)56(46)58-54)38-10-5-2-6-11-38/h1-36H. The molecule has 0 aliphatic rings. The summed E-state index contributed by atoms with van der Waals surface area (Å²) >= 11 is 0. The van der Waals surface area contributed by atoms with Crippen LogP contribution in [0.25, 0.3) is 110 Å². The number of hydrogen-bond acceptors (Lipinski definition) is 2. The van der Waals surface area contributed by atoms with Crippen molar-refractivity contribution in [3.05, 3.63) is 218 Å². The molecule has 270 valence electrons. The SMILES string of the molecule is c1ccc(-c2ccc3ccc4ccc(-c5ccc(-c6cccc(-c7ccc(-c8ccc9ccc%10ccc(-c%11ccccc%11)cc%10c9n8)cc7)c6)cc5)nc4c3c2)cc1. The van der Waals surface area contributed by atoms with E-state index in [1.807, 2.05) is 0 Å². The number of nitrogens with zero attached hydrogens (tertiary/aromatic N) is 2. The van der Waals surface area contributed by atoms with Crippen LogP contribution < -0.4 is 0 Å². The van der Waals surface area contributed by atoms with Crippen LogP contribution in [0.1, 0.15) is 0 Å². The van der Waals surface area contributed by atoms with E-state index < -0.39 is 0 Å². The zero-order chi connectivity index (χ0) is 38.4. The zero-order valence-electron chi connectivity index (χ0n) is 31.7. The Morgan fingerprint density at radius 1 is 0.207 bits per heavy atom. The fourth-order valence-electron chi connectivity index (χ4n) is 8.30.